The Kier molecular flexibility index (Phi) is 4.30. The van der Waals surface area contributed by atoms with E-state index in [2.05, 4.69) is 20.0 Å². The van der Waals surface area contributed by atoms with Gasteiger partial charge in [0, 0.05) is 43.3 Å². The second-order valence-corrected chi connectivity index (χ2v) is 7.40. The van der Waals surface area contributed by atoms with Crippen molar-refractivity contribution in [3.63, 3.8) is 0 Å². The van der Waals surface area contributed by atoms with Crippen molar-refractivity contribution in [2.24, 2.45) is 0 Å². The van der Waals surface area contributed by atoms with Crippen LogP contribution in [0.4, 0.5) is 5.82 Å². The predicted molar refractivity (Wildman–Crippen MR) is 111 cm³/mol. The Balaban J connectivity index is 1.39. The summed E-state index contributed by atoms with van der Waals surface area (Å²) in [4.78, 5) is 26.0. The van der Waals surface area contributed by atoms with Gasteiger partial charge in [0.15, 0.2) is 0 Å². The maximum atomic E-state index is 13.3. The highest BCUT2D eigenvalue weighted by atomic mass is 16.5. The van der Waals surface area contributed by atoms with Gasteiger partial charge in [0.05, 0.1) is 12.7 Å². The van der Waals surface area contributed by atoms with Crippen molar-refractivity contribution in [3.8, 4) is 5.75 Å². The molecule has 4 heterocycles. The zero-order chi connectivity index (χ0) is 20.8. The zero-order valence-corrected chi connectivity index (χ0v) is 17.1. The van der Waals surface area contributed by atoms with Gasteiger partial charge in [-0.15, -0.1) is 0 Å². The molecule has 4 aromatic rings. The summed E-state index contributed by atoms with van der Waals surface area (Å²) in [5, 5.41) is 5.07. The largest absolute Gasteiger partial charge is 0.497 e. The zero-order valence-electron chi connectivity index (χ0n) is 17.1. The van der Waals surface area contributed by atoms with Gasteiger partial charge in [-0.2, -0.15) is 14.6 Å². The molecule has 0 bridgehead atoms. The number of furan rings is 1. The molecule has 1 aromatic carbocycles. The van der Waals surface area contributed by atoms with Gasteiger partial charge >= 0.3 is 0 Å². The maximum Gasteiger partial charge on any atom is 0.258 e. The number of methoxy groups -OCH3 is 1. The van der Waals surface area contributed by atoms with E-state index in [0.29, 0.717) is 54.6 Å². The number of rotatable bonds is 3. The third kappa shape index (κ3) is 2.94. The fourth-order valence-electron chi connectivity index (χ4n) is 4.03. The number of amides is 1. The van der Waals surface area contributed by atoms with Crippen LogP contribution >= 0.6 is 0 Å². The fourth-order valence-corrected chi connectivity index (χ4v) is 4.03. The highest BCUT2D eigenvalue weighted by molar-refractivity contribution is 6.07. The number of carbonyl (C=O) groups is 1. The molecule has 1 fully saturated rings. The maximum absolute atomic E-state index is 13.3. The summed E-state index contributed by atoms with van der Waals surface area (Å²) in [6.45, 7) is 6.37. The van der Waals surface area contributed by atoms with Crippen LogP contribution in [-0.2, 0) is 0 Å². The number of hydrogen-bond donors (Lipinski definition) is 0. The van der Waals surface area contributed by atoms with E-state index in [0.717, 1.165) is 16.9 Å². The van der Waals surface area contributed by atoms with Crippen molar-refractivity contribution in [1.29, 1.82) is 0 Å². The van der Waals surface area contributed by atoms with Gasteiger partial charge < -0.3 is 19.0 Å². The Morgan fingerprint density at radius 3 is 2.70 bits per heavy atom. The fraction of sp³-hybridized carbons (Fsp3) is 0.333. The van der Waals surface area contributed by atoms with Crippen LogP contribution in [0, 0.1) is 13.8 Å². The van der Waals surface area contributed by atoms with E-state index in [1.54, 1.807) is 11.6 Å². The minimum atomic E-state index is -0.0176. The SMILES string of the molecule is COc1ccc2oc(C)c(C(=O)N3CCN(c4cc(C)nc5ncnn45)CC3)c2c1. The van der Waals surface area contributed by atoms with E-state index in [1.165, 1.54) is 6.33 Å². The van der Waals surface area contributed by atoms with Crippen molar-refractivity contribution in [1.82, 2.24) is 24.5 Å². The van der Waals surface area contributed by atoms with Crippen LogP contribution in [0.1, 0.15) is 21.8 Å². The molecule has 0 aliphatic carbocycles. The number of ether oxygens (including phenoxy) is 1. The lowest BCUT2D eigenvalue weighted by atomic mass is 10.1. The minimum Gasteiger partial charge on any atom is -0.497 e. The molecular formula is C21H22N6O3. The number of benzene rings is 1. The number of hydrogen-bond acceptors (Lipinski definition) is 7. The molecule has 0 radical (unpaired) electrons. The Bertz CT molecular complexity index is 1250. The van der Waals surface area contributed by atoms with Crippen LogP contribution in [0.5, 0.6) is 5.75 Å². The Morgan fingerprint density at radius 2 is 1.93 bits per heavy atom. The van der Waals surface area contributed by atoms with Crippen molar-refractivity contribution in [3.05, 3.63) is 47.6 Å². The molecule has 154 valence electrons. The topological polar surface area (TPSA) is 89.0 Å². The van der Waals surface area contributed by atoms with Gasteiger partial charge in [0.2, 0.25) is 0 Å². The normalized spacial score (nSPS) is 14.6. The summed E-state index contributed by atoms with van der Waals surface area (Å²) in [6, 6.07) is 7.53. The van der Waals surface area contributed by atoms with Crippen molar-refractivity contribution >= 4 is 28.5 Å². The number of aryl methyl sites for hydroxylation is 2. The van der Waals surface area contributed by atoms with Gasteiger partial charge in [-0.1, -0.05) is 0 Å². The van der Waals surface area contributed by atoms with Crippen molar-refractivity contribution in [2.45, 2.75) is 13.8 Å². The van der Waals surface area contributed by atoms with Crippen LogP contribution in [0.25, 0.3) is 16.7 Å². The first-order chi connectivity index (χ1) is 14.5. The third-order valence-corrected chi connectivity index (χ3v) is 5.54. The lowest BCUT2D eigenvalue weighted by Gasteiger charge is -2.36. The van der Waals surface area contributed by atoms with E-state index in [4.69, 9.17) is 9.15 Å². The van der Waals surface area contributed by atoms with Crippen LogP contribution in [0.2, 0.25) is 0 Å². The highest BCUT2D eigenvalue weighted by Gasteiger charge is 2.28. The minimum absolute atomic E-state index is 0.0176. The Morgan fingerprint density at radius 1 is 1.13 bits per heavy atom. The third-order valence-electron chi connectivity index (χ3n) is 5.54. The van der Waals surface area contributed by atoms with Crippen LogP contribution in [-0.4, -0.2) is 63.7 Å². The van der Waals surface area contributed by atoms with E-state index < -0.39 is 0 Å². The van der Waals surface area contributed by atoms with Crippen LogP contribution in [0.3, 0.4) is 0 Å². The molecule has 9 nitrogen and oxygen atoms in total. The molecule has 1 aliphatic rings. The summed E-state index contributed by atoms with van der Waals surface area (Å²) >= 11 is 0. The molecule has 5 rings (SSSR count). The molecule has 0 atom stereocenters. The average molecular weight is 406 g/mol. The van der Waals surface area contributed by atoms with Gasteiger partial charge in [0.25, 0.3) is 11.7 Å². The first-order valence-corrected chi connectivity index (χ1v) is 9.84. The smallest absolute Gasteiger partial charge is 0.258 e. The van der Waals surface area contributed by atoms with Crippen LogP contribution in [0.15, 0.2) is 35.0 Å². The van der Waals surface area contributed by atoms with Gasteiger partial charge in [0.1, 0.15) is 29.2 Å². The number of piperazine rings is 1. The summed E-state index contributed by atoms with van der Waals surface area (Å²) in [5.74, 6) is 2.83. The van der Waals surface area contributed by atoms with Gasteiger partial charge in [-0.25, -0.2) is 4.98 Å². The first kappa shape index (κ1) is 18.4. The molecule has 0 unspecified atom stereocenters. The molecule has 0 saturated carbocycles. The second-order valence-electron chi connectivity index (χ2n) is 7.40. The standard InChI is InChI=1S/C21H22N6O3/c1-13-10-18(27-21(24-13)22-12-23-27)25-6-8-26(9-7-25)20(28)19-14(2)30-17-5-4-15(29-3)11-16(17)19/h4-5,10-12H,6-9H2,1-3H3. The molecule has 3 aromatic heterocycles. The number of aromatic nitrogens is 4. The summed E-state index contributed by atoms with van der Waals surface area (Å²) in [7, 11) is 1.61. The number of nitrogens with zero attached hydrogens (tertiary/aromatic N) is 6. The van der Waals surface area contributed by atoms with Gasteiger partial charge in [-0.05, 0) is 32.0 Å². The quantitative estimate of drug-likeness (QED) is 0.516. The van der Waals surface area contributed by atoms with E-state index in [-0.39, 0.29) is 5.91 Å². The number of carbonyl (C=O) groups excluding carboxylic acids is 1. The van der Waals surface area contributed by atoms with Gasteiger partial charge in [-0.3, -0.25) is 4.79 Å². The first-order valence-electron chi connectivity index (χ1n) is 9.84. The van der Waals surface area contributed by atoms with E-state index in [1.807, 2.05) is 43.0 Å². The molecule has 0 N–H and O–H groups in total. The summed E-state index contributed by atoms with van der Waals surface area (Å²) in [6.07, 6.45) is 1.51. The van der Waals surface area contributed by atoms with Crippen LogP contribution < -0.4 is 9.64 Å². The highest BCUT2D eigenvalue weighted by Crippen LogP contribution is 2.30. The Labute approximate surface area is 172 Å². The molecule has 30 heavy (non-hydrogen) atoms. The second kappa shape index (κ2) is 7.01. The predicted octanol–water partition coefficient (Wildman–Crippen LogP) is 2.46. The molecule has 1 aliphatic heterocycles. The van der Waals surface area contributed by atoms with Crippen molar-refractivity contribution < 1.29 is 13.9 Å². The summed E-state index contributed by atoms with van der Waals surface area (Å²) < 4.78 is 12.9. The lowest BCUT2D eigenvalue weighted by Crippen LogP contribution is -2.49. The average Bonchev–Trinajstić information content (AvgIpc) is 3.35. The van der Waals surface area contributed by atoms with E-state index >= 15 is 0 Å². The molecule has 1 saturated heterocycles. The number of anilines is 1. The molecule has 0 spiro atoms. The molecule has 1 amide bonds. The monoisotopic (exact) mass is 406 g/mol. The van der Waals surface area contributed by atoms with E-state index in [9.17, 15) is 4.79 Å². The molecular weight excluding hydrogens is 384 g/mol. The lowest BCUT2D eigenvalue weighted by molar-refractivity contribution is 0.0746. The number of fused-ring (bicyclic) bond motifs is 2. The Hall–Kier alpha value is -3.62. The van der Waals surface area contributed by atoms with Crippen molar-refractivity contribution in [2.75, 3.05) is 38.2 Å². The summed E-state index contributed by atoms with van der Waals surface area (Å²) in [5.41, 5.74) is 2.19. The molecule has 9 heteroatoms.